The van der Waals surface area contributed by atoms with E-state index in [0.29, 0.717) is 6.17 Å². The van der Waals surface area contributed by atoms with E-state index >= 15 is 0 Å². The van der Waals surface area contributed by atoms with Crippen LogP contribution in [0.5, 0.6) is 11.5 Å². The average molecular weight is 391 g/mol. The number of quaternary nitrogens is 2. The van der Waals surface area contributed by atoms with E-state index in [1.54, 1.807) is 24.0 Å². The maximum atomic E-state index is 5.60. The molecule has 29 heavy (non-hydrogen) atoms. The Labute approximate surface area is 173 Å². The summed E-state index contributed by atoms with van der Waals surface area (Å²) in [7, 11) is 3.40. The summed E-state index contributed by atoms with van der Waals surface area (Å²) in [5.74, 6) is 1.58. The molecule has 0 bridgehead atoms. The van der Waals surface area contributed by atoms with Gasteiger partial charge < -0.3 is 9.47 Å². The van der Waals surface area contributed by atoms with Crippen molar-refractivity contribution in [2.75, 3.05) is 27.3 Å². The third-order valence-corrected chi connectivity index (χ3v) is 5.87. The summed E-state index contributed by atoms with van der Waals surface area (Å²) in [5.41, 5.74) is 4.07. The van der Waals surface area contributed by atoms with Crippen LogP contribution in [0, 0.1) is 0 Å². The molecule has 0 amide bonds. The molecule has 0 radical (unpaired) electrons. The highest BCUT2D eigenvalue weighted by Gasteiger charge is 2.41. The number of hydrogen-bond acceptors (Lipinski definition) is 2. The standard InChI is InChI=1S/C25H28N2O2/c1-28-23-14-13-22(17-24(23)29-2)25-26(18-20-9-5-3-6-10-20)15-16-27(25)19-21-11-7-4-8-12-21/h3-14,17,25H,15-16,18-19H2,1-2H3/p+2. The third kappa shape index (κ3) is 4.44. The maximum absolute atomic E-state index is 5.60. The van der Waals surface area contributed by atoms with Crippen LogP contribution < -0.4 is 19.3 Å². The van der Waals surface area contributed by atoms with Crippen molar-refractivity contribution in [2.45, 2.75) is 19.3 Å². The zero-order valence-electron chi connectivity index (χ0n) is 17.2. The van der Waals surface area contributed by atoms with Crippen LogP contribution >= 0.6 is 0 Å². The summed E-state index contributed by atoms with van der Waals surface area (Å²) in [4.78, 5) is 3.18. The van der Waals surface area contributed by atoms with Gasteiger partial charge in [-0.1, -0.05) is 60.7 Å². The van der Waals surface area contributed by atoms with Crippen LogP contribution in [0.1, 0.15) is 22.9 Å². The highest BCUT2D eigenvalue weighted by molar-refractivity contribution is 5.43. The van der Waals surface area contributed by atoms with Crippen molar-refractivity contribution in [3.63, 3.8) is 0 Å². The van der Waals surface area contributed by atoms with Gasteiger partial charge in [0, 0.05) is 11.1 Å². The second-order valence-electron chi connectivity index (χ2n) is 7.69. The molecule has 2 unspecified atom stereocenters. The van der Waals surface area contributed by atoms with Gasteiger partial charge in [-0.2, -0.15) is 0 Å². The molecule has 4 nitrogen and oxygen atoms in total. The molecule has 2 atom stereocenters. The predicted octanol–water partition coefficient (Wildman–Crippen LogP) is 1.89. The maximum Gasteiger partial charge on any atom is 0.241 e. The number of ether oxygens (including phenoxy) is 2. The van der Waals surface area contributed by atoms with E-state index in [-0.39, 0.29) is 0 Å². The SMILES string of the molecule is COc1ccc(C2[NH+](Cc3ccccc3)CC[NH+]2Cc2ccccc2)cc1OC. The lowest BCUT2D eigenvalue weighted by Crippen LogP contribution is -3.22. The van der Waals surface area contributed by atoms with Crippen molar-refractivity contribution < 1.29 is 19.3 Å². The topological polar surface area (TPSA) is 27.3 Å². The van der Waals surface area contributed by atoms with Gasteiger partial charge in [-0.15, -0.1) is 0 Å². The molecule has 0 saturated carbocycles. The molecule has 1 aliphatic heterocycles. The van der Waals surface area contributed by atoms with Crippen molar-refractivity contribution in [3.8, 4) is 11.5 Å². The van der Waals surface area contributed by atoms with Gasteiger partial charge in [-0.05, 0) is 18.2 Å². The van der Waals surface area contributed by atoms with Gasteiger partial charge in [-0.25, -0.2) is 0 Å². The number of methoxy groups -OCH3 is 2. The van der Waals surface area contributed by atoms with E-state index in [1.807, 2.05) is 6.07 Å². The van der Waals surface area contributed by atoms with E-state index in [0.717, 1.165) is 37.7 Å². The number of benzene rings is 3. The molecule has 2 N–H and O–H groups in total. The summed E-state index contributed by atoms with van der Waals surface area (Å²) in [5, 5.41) is 0. The Kier molecular flexibility index (Phi) is 6.13. The predicted molar refractivity (Wildman–Crippen MR) is 114 cm³/mol. The zero-order chi connectivity index (χ0) is 20.1. The molecule has 1 saturated heterocycles. The smallest absolute Gasteiger partial charge is 0.241 e. The second-order valence-corrected chi connectivity index (χ2v) is 7.69. The second kappa shape index (κ2) is 9.12. The fraction of sp³-hybridized carbons (Fsp3) is 0.280. The molecule has 0 aliphatic carbocycles. The first-order valence-electron chi connectivity index (χ1n) is 10.3. The van der Waals surface area contributed by atoms with E-state index < -0.39 is 0 Å². The monoisotopic (exact) mass is 390 g/mol. The fourth-order valence-electron chi connectivity index (χ4n) is 4.50. The van der Waals surface area contributed by atoms with Crippen molar-refractivity contribution in [3.05, 3.63) is 95.6 Å². The minimum absolute atomic E-state index is 0.357. The van der Waals surface area contributed by atoms with Crippen LogP contribution in [0.4, 0.5) is 0 Å². The quantitative estimate of drug-likeness (QED) is 0.645. The number of hydrogen-bond donors (Lipinski definition) is 2. The molecule has 1 aliphatic rings. The number of rotatable bonds is 7. The molecule has 3 aromatic rings. The first-order valence-corrected chi connectivity index (χ1v) is 10.3. The highest BCUT2D eigenvalue weighted by Crippen LogP contribution is 2.28. The lowest BCUT2D eigenvalue weighted by molar-refractivity contribution is -1.09. The molecule has 0 spiro atoms. The summed E-state index contributed by atoms with van der Waals surface area (Å²) >= 11 is 0. The van der Waals surface area contributed by atoms with Gasteiger partial charge in [0.15, 0.2) is 11.5 Å². The first kappa shape index (κ1) is 19.5. The summed E-state index contributed by atoms with van der Waals surface area (Å²) < 4.78 is 11.1. The average Bonchev–Trinajstić information content (AvgIpc) is 3.16. The molecular formula is C25H30N2O2+2. The molecule has 4 heteroatoms. The minimum Gasteiger partial charge on any atom is -0.493 e. The van der Waals surface area contributed by atoms with E-state index in [1.165, 1.54) is 16.7 Å². The van der Waals surface area contributed by atoms with Gasteiger partial charge in [0.1, 0.15) is 26.2 Å². The molecule has 1 heterocycles. The highest BCUT2D eigenvalue weighted by atomic mass is 16.5. The summed E-state index contributed by atoms with van der Waals surface area (Å²) in [6.07, 6.45) is 0.357. The Morgan fingerprint density at radius 2 is 1.21 bits per heavy atom. The van der Waals surface area contributed by atoms with Crippen LogP contribution in [0.3, 0.4) is 0 Å². The normalized spacial score (nSPS) is 21.1. The van der Waals surface area contributed by atoms with Crippen molar-refractivity contribution >= 4 is 0 Å². The van der Waals surface area contributed by atoms with Crippen LogP contribution in [0.2, 0.25) is 0 Å². The Bertz CT molecular complexity index is 865. The van der Waals surface area contributed by atoms with E-state index in [9.17, 15) is 0 Å². The first-order chi connectivity index (χ1) is 14.3. The van der Waals surface area contributed by atoms with Crippen molar-refractivity contribution in [1.29, 1.82) is 0 Å². The van der Waals surface area contributed by atoms with E-state index in [2.05, 4.69) is 72.8 Å². The third-order valence-electron chi connectivity index (χ3n) is 5.87. The van der Waals surface area contributed by atoms with Crippen LogP contribution in [0.15, 0.2) is 78.9 Å². The Morgan fingerprint density at radius 3 is 1.69 bits per heavy atom. The molecule has 0 aromatic heterocycles. The van der Waals surface area contributed by atoms with Gasteiger partial charge >= 0.3 is 0 Å². The van der Waals surface area contributed by atoms with Gasteiger partial charge in [0.2, 0.25) is 6.17 Å². The van der Waals surface area contributed by atoms with Gasteiger partial charge in [0.05, 0.1) is 19.8 Å². The molecule has 1 fully saturated rings. The molecule has 3 aromatic carbocycles. The lowest BCUT2D eigenvalue weighted by atomic mass is 10.1. The lowest BCUT2D eigenvalue weighted by Gasteiger charge is -2.25. The van der Waals surface area contributed by atoms with Crippen molar-refractivity contribution in [2.24, 2.45) is 0 Å². The molecule has 4 rings (SSSR count). The Morgan fingerprint density at radius 1 is 0.690 bits per heavy atom. The van der Waals surface area contributed by atoms with Gasteiger partial charge in [-0.3, -0.25) is 9.80 Å². The summed E-state index contributed by atoms with van der Waals surface area (Å²) in [6.45, 7) is 4.35. The van der Waals surface area contributed by atoms with Crippen LogP contribution in [0.25, 0.3) is 0 Å². The van der Waals surface area contributed by atoms with Crippen LogP contribution in [-0.2, 0) is 13.1 Å². The Hall–Kier alpha value is -2.82. The Balaban J connectivity index is 1.65. The summed E-state index contributed by atoms with van der Waals surface area (Å²) in [6, 6.07) is 28.0. The zero-order valence-corrected chi connectivity index (χ0v) is 17.2. The molecular weight excluding hydrogens is 360 g/mol. The largest absolute Gasteiger partial charge is 0.493 e. The molecule has 150 valence electrons. The number of nitrogens with one attached hydrogen (secondary N) is 2. The van der Waals surface area contributed by atoms with E-state index in [4.69, 9.17) is 9.47 Å². The fourth-order valence-corrected chi connectivity index (χ4v) is 4.50. The van der Waals surface area contributed by atoms with Crippen molar-refractivity contribution in [1.82, 2.24) is 0 Å². The van der Waals surface area contributed by atoms with Gasteiger partial charge in [0.25, 0.3) is 0 Å². The van der Waals surface area contributed by atoms with Crippen LogP contribution in [-0.4, -0.2) is 27.3 Å². The minimum atomic E-state index is 0.357.